The highest BCUT2D eigenvalue weighted by Gasteiger charge is 2.10. The molecule has 0 aliphatic rings. The molecule has 2 heterocycles. The molecule has 1 aromatic carbocycles. The van der Waals surface area contributed by atoms with Crippen molar-refractivity contribution in [3.8, 4) is 11.4 Å². The van der Waals surface area contributed by atoms with Crippen LogP contribution in [0.15, 0.2) is 47.6 Å². The van der Waals surface area contributed by atoms with Gasteiger partial charge in [0.25, 0.3) is 0 Å². The van der Waals surface area contributed by atoms with Crippen LogP contribution >= 0.6 is 11.8 Å². The number of nitrogens with zero attached hydrogens (tertiary/aromatic N) is 2. The average molecular weight is 269 g/mol. The van der Waals surface area contributed by atoms with Crippen LogP contribution in [0.3, 0.4) is 0 Å². The highest BCUT2D eigenvalue weighted by atomic mass is 32.2. The van der Waals surface area contributed by atoms with Gasteiger partial charge in [0.2, 0.25) is 0 Å². The van der Waals surface area contributed by atoms with E-state index in [1.54, 1.807) is 0 Å². The molecule has 0 radical (unpaired) electrons. The standard InChI is InChI=1S/C15H15N3S/c1-10(2)19-14-6-4-3-5-11(14)15-17-9-13-12(18-15)7-8-16-13/h3-10,16H,1-2H3. The lowest BCUT2D eigenvalue weighted by Crippen LogP contribution is -1.93. The molecule has 2 aromatic heterocycles. The van der Waals surface area contributed by atoms with E-state index in [9.17, 15) is 0 Å². The molecular weight excluding hydrogens is 254 g/mol. The smallest absolute Gasteiger partial charge is 0.161 e. The maximum absolute atomic E-state index is 4.62. The number of aromatic nitrogens is 3. The molecule has 3 rings (SSSR count). The van der Waals surface area contributed by atoms with E-state index in [-0.39, 0.29) is 0 Å². The summed E-state index contributed by atoms with van der Waals surface area (Å²) in [5.74, 6) is 0.788. The number of benzene rings is 1. The Morgan fingerprint density at radius 2 is 2.00 bits per heavy atom. The molecule has 0 amide bonds. The quantitative estimate of drug-likeness (QED) is 0.727. The number of H-pyrrole nitrogens is 1. The van der Waals surface area contributed by atoms with Crippen LogP contribution in [0.1, 0.15) is 13.8 Å². The Kier molecular flexibility index (Phi) is 3.25. The number of rotatable bonds is 3. The van der Waals surface area contributed by atoms with Gasteiger partial charge in [-0.25, -0.2) is 9.97 Å². The molecule has 1 N–H and O–H groups in total. The van der Waals surface area contributed by atoms with Crippen LogP contribution in [-0.2, 0) is 0 Å². The average Bonchev–Trinajstić information content (AvgIpc) is 2.86. The summed E-state index contributed by atoms with van der Waals surface area (Å²) in [5, 5.41) is 0.539. The van der Waals surface area contributed by atoms with E-state index in [1.165, 1.54) is 4.90 Å². The van der Waals surface area contributed by atoms with E-state index in [0.717, 1.165) is 22.4 Å². The summed E-state index contributed by atoms with van der Waals surface area (Å²) >= 11 is 1.84. The van der Waals surface area contributed by atoms with E-state index >= 15 is 0 Å². The summed E-state index contributed by atoms with van der Waals surface area (Å²) in [6, 6.07) is 10.3. The zero-order valence-electron chi connectivity index (χ0n) is 10.9. The Bertz CT molecular complexity index is 703. The first-order chi connectivity index (χ1) is 9.24. The summed E-state index contributed by atoms with van der Waals surface area (Å²) in [6.45, 7) is 4.38. The van der Waals surface area contributed by atoms with Crippen molar-refractivity contribution >= 4 is 22.8 Å². The molecule has 0 aliphatic carbocycles. The van der Waals surface area contributed by atoms with Crippen LogP contribution < -0.4 is 0 Å². The fourth-order valence-electron chi connectivity index (χ4n) is 1.98. The molecule has 0 unspecified atom stereocenters. The SMILES string of the molecule is CC(C)Sc1ccccc1-c1ncc2[nH]ccc2n1. The van der Waals surface area contributed by atoms with Crippen LogP contribution in [0.5, 0.6) is 0 Å². The number of nitrogens with one attached hydrogen (secondary N) is 1. The van der Waals surface area contributed by atoms with E-state index in [2.05, 4.69) is 47.0 Å². The van der Waals surface area contributed by atoms with Crippen LogP contribution in [0.4, 0.5) is 0 Å². The molecule has 3 aromatic rings. The van der Waals surface area contributed by atoms with Gasteiger partial charge in [0.15, 0.2) is 5.82 Å². The zero-order chi connectivity index (χ0) is 13.2. The second kappa shape index (κ2) is 5.05. The first-order valence-electron chi connectivity index (χ1n) is 6.30. The lowest BCUT2D eigenvalue weighted by atomic mass is 10.2. The summed E-state index contributed by atoms with van der Waals surface area (Å²) in [5.41, 5.74) is 3.02. The van der Waals surface area contributed by atoms with E-state index in [4.69, 9.17) is 0 Å². The van der Waals surface area contributed by atoms with Crippen molar-refractivity contribution in [3.63, 3.8) is 0 Å². The number of hydrogen-bond donors (Lipinski definition) is 1. The number of thioether (sulfide) groups is 1. The van der Waals surface area contributed by atoms with Crippen molar-refractivity contribution in [3.05, 3.63) is 42.7 Å². The maximum Gasteiger partial charge on any atom is 0.161 e. The van der Waals surface area contributed by atoms with Crippen LogP contribution in [0.25, 0.3) is 22.4 Å². The highest BCUT2D eigenvalue weighted by molar-refractivity contribution is 8.00. The predicted octanol–water partition coefficient (Wildman–Crippen LogP) is 4.13. The number of hydrogen-bond acceptors (Lipinski definition) is 3. The van der Waals surface area contributed by atoms with Crippen molar-refractivity contribution in [2.75, 3.05) is 0 Å². The van der Waals surface area contributed by atoms with Crippen molar-refractivity contribution in [1.29, 1.82) is 0 Å². The van der Waals surface area contributed by atoms with Gasteiger partial charge < -0.3 is 4.98 Å². The van der Waals surface area contributed by atoms with Gasteiger partial charge in [-0.2, -0.15) is 0 Å². The third kappa shape index (κ3) is 2.49. The van der Waals surface area contributed by atoms with E-state index < -0.39 is 0 Å². The minimum Gasteiger partial charge on any atom is -0.359 e. The van der Waals surface area contributed by atoms with Crippen LogP contribution in [0.2, 0.25) is 0 Å². The molecule has 0 fully saturated rings. The Morgan fingerprint density at radius 1 is 1.16 bits per heavy atom. The summed E-state index contributed by atoms with van der Waals surface area (Å²) in [7, 11) is 0. The number of fused-ring (bicyclic) bond motifs is 1. The molecule has 3 nitrogen and oxygen atoms in total. The van der Waals surface area contributed by atoms with Gasteiger partial charge in [0, 0.05) is 21.9 Å². The minimum atomic E-state index is 0.539. The molecule has 0 aliphatic heterocycles. The fourth-order valence-corrected chi connectivity index (χ4v) is 2.93. The topological polar surface area (TPSA) is 41.6 Å². The Morgan fingerprint density at radius 3 is 2.84 bits per heavy atom. The first-order valence-corrected chi connectivity index (χ1v) is 7.18. The summed E-state index contributed by atoms with van der Waals surface area (Å²) in [4.78, 5) is 13.4. The van der Waals surface area contributed by atoms with Crippen LogP contribution in [-0.4, -0.2) is 20.2 Å². The molecule has 0 saturated heterocycles. The monoisotopic (exact) mass is 269 g/mol. The normalized spacial score (nSPS) is 11.3. The maximum atomic E-state index is 4.62. The Hall–Kier alpha value is -1.81. The lowest BCUT2D eigenvalue weighted by Gasteiger charge is -2.10. The van der Waals surface area contributed by atoms with Crippen molar-refractivity contribution in [2.24, 2.45) is 0 Å². The molecule has 0 saturated carbocycles. The van der Waals surface area contributed by atoms with E-state index in [0.29, 0.717) is 5.25 Å². The number of aromatic amines is 1. The Labute approximate surface area is 116 Å². The summed E-state index contributed by atoms with van der Waals surface area (Å²) < 4.78 is 0. The third-order valence-corrected chi connectivity index (χ3v) is 3.87. The van der Waals surface area contributed by atoms with Gasteiger partial charge in [-0.15, -0.1) is 11.8 Å². The molecule has 0 atom stereocenters. The Balaban J connectivity index is 2.09. The minimum absolute atomic E-state index is 0.539. The van der Waals surface area contributed by atoms with Crippen molar-refractivity contribution < 1.29 is 0 Å². The summed E-state index contributed by atoms with van der Waals surface area (Å²) in [6.07, 6.45) is 3.73. The van der Waals surface area contributed by atoms with Crippen molar-refractivity contribution in [1.82, 2.24) is 15.0 Å². The second-order valence-electron chi connectivity index (χ2n) is 4.63. The predicted molar refractivity (Wildman–Crippen MR) is 80.3 cm³/mol. The van der Waals surface area contributed by atoms with Gasteiger partial charge in [-0.05, 0) is 12.1 Å². The molecule has 0 bridgehead atoms. The lowest BCUT2D eigenvalue weighted by molar-refractivity contribution is 1.11. The zero-order valence-corrected chi connectivity index (χ0v) is 11.7. The van der Waals surface area contributed by atoms with Crippen molar-refractivity contribution in [2.45, 2.75) is 24.0 Å². The van der Waals surface area contributed by atoms with Gasteiger partial charge >= 0.3 is 0 Å². The molecule has 4 heteroatoms. The first kappa shape index (κ1) is 12.2. The highest BCUT2D eigenvalue weighted by Crippen LogP contribution is 2.32. The van der Waals surface area contributed by atoms with Gasteiger partial charge in [-0.3, -0.25) is 0 Å². The van der Waals surface area contributed by atoms with Crippen LogP contribution in [0, 0.1) is 0 Å². The van der Waals surface area contributed by atoms with Gasteiger partial charge in [0.1, 0.15) is 0 Å². The molecule has 0 spiro atoms. The largest absolute Gasteiger partial charge is 0.359 e. The van der Waals surface area contributed by atoms with Gasteiger partial charge in [-0.1, -0.05) is 32.0 Å². The molecule has 96 valence electrons. The third-order valence-electron chi connectivity index (χ3n) is 2.79. The molecule has 19 heavy (non-hydrogen) atoms. The second-order valence-corrected chi connectivity index (χ2v) is 6.25. The van der Waals surface area contributed by atoms with E-state index in [1.807, 2.05) is 36.3 Å². The molecular formula is C15H15N3S. The fraction of sp³-hybridized carbons (Fsp3) is 0.200. The van der Waals surface area contributed by atoms with Gasteiger partial charge in [0.05, 0.1) is 17.2 Å².